The number of nitrogens with zero attached hydrogens (tertiary/aromatic N) is 2. The summed E-state index contributed by atoms with van der Waals surface area (Å²) < 4.78 is 5.85. The fraction of sp³-hybridized carbons (Fsp3) is 0.571. The minimum absolute atomic E-state index is 0.0431. The first-order valence-corrected chi connectivity index (χ1v) is 23.8. The van der Waals surface area contributed by atoms with Crippen molar-refractivity contribution in [3.8, 4) is 5.75 Å². The van der Waals surface area contributed by atoms with Crippen LogP contribution in [0.4, 0.5) is 0 Å². The molecule has 10 N–H and O–H groups in total. The molecule has 0 aliphatic carbocycles. The van der Waals surface area contributed by atoms with Gasteiger partial charge in [0.05, 0.1) is 6.42 Å². The molecule has 2 bridgehead atoms. The molecule has 2 aromatic carbocycles. The predicted octanol–water partition coefficient (Wildman–Crippen LogP) is -0.332. The molecule has 4 rings (SSSR count). The molecule has 2 fully saturated rings. The summed E-state index contributed by atoms with van der Waals surface area (Å²) in [5.41, 5.74) is 6.55. The lowest BCUT2D eigenvalue weighted by molar-refractivity contribution is -0.168. The van der Waals surface area contributed by atoms with Gasteiger partial charge in [0.15, 0.2) is 0 Å². The van der Waals surface area contributed by atoms with Crippen LogP contribution in [0.25, 0.3) is 0 Å². The second kappa shape index (κ2) is 25.3. The number of rotatable bonds is 15. The molecule has 2 aromatic rings. The minimum atomic E-state index is -1.87. The maximum atomic E-state index is 14.8. The van der Waals surface area contributed by atoms with Crippen LogP contribution in [0.1, 0.15) is 91.7 Å². The van der Waals surface area contributed by atoms with Crippen LogP contribution < -0.4 is 32.3 Å². The molecule has 0 saturated carbocycles. The summed E-state index contributed by atoms with van der Waals surface area (Å²) in [6.45, 7) is 11.4. The van der Waals surface area contributed by atoms with Gasteiger partial charge >= 0.3 is 5.97 Å². The average molecular weight is 979 g/mol. The topological polar surface area (TPSA) is 316 Å². The molecule has 2 saturated heterocycles. The molecule has 21 nitrogen and oxygen atoms in total. The molecular weight excluding hydrogens is 909 g/mol. The Balaban J connectivity index is 1.81. The average Bonchev–Trinajstić information content (AvgIpc) is 3.31. The van der Waals surface area contributed by atoms with E-state index in [1.165, 1.54) is 43.1 Å². The molecule has 8 amide bonds. The maximum absolute atomic E-state index is 14.8. The van der Waals surface area contributed by atoms with Crippen molar-refractivity contribution in [2.75, 3.05) is 7.05 Å². The van der Waals surface area contributed by atoms with Crippen molar-refractivity contribution in [3.05, 3.63) is 65.7 Å². The van der Waals surface area contributed by atoms with E-state index in [-0.39, 0.29) is 31.4 Å². The van der Waals surface area contributed by atoms with Crippen molar-refractivity contribution in [1.82, 2.24) is 36.4 Å². The Morgan fingerprint density at radius 2 is 1.41 bits per heavy atom. The van der Waals surface area contributed by atoms with Crippen LogP contribution in [0.2, 0.25) is 0 Å². The van der Waals surface area contributed by atoms with Crippen molar-refractivity contribution in [3.63, 3.8) is 0 Å². The van der Waals surface area contributed by atoms with Crippen LogP contribution in [0.15, 0.2) is 54.6 Å². The molecule has 0 aromatic heterocycles. The van der Waals surface area contributed by atoms with Gasteiger partial charge in [-0.3, -0.25) is 38.4 Å². The number of aliphatic hydroxyl groups excluding tert-OH is 2. The summed E-state index contributed by atoms with van der Waals surface area (Å²) in [5, 5.41) is 44.5. The summed E-state index contributed by atoms with van der Waals surface area (Å²) in [6, 6.07) is 4.00. The Morgan fingerprint density at radius 1 is 0.800 bits per heavy atom. The Bertz CT molecular complexity index is 2190. The number of hydrogen-bond acceptors (Lipinski definition) is 13. The highest BCUT2D eigenvalue weighted by atomic mass is 16.5. The number of phenolic OH excluding ortho intramolecular Hbond substituents is 1. The van der Waals surface area contributed by atoms with Crippen LogP contribution in [0, 0.1) is 17.8 Å². The van der Waals surface area contributed by atoms with Crippen LogP contribution in [-0.2, 0) is 60.7 Å². The fourth-order valence-corrected chi connectivity index (χ4v) is 8.38. The maximum Gasteiger partial charge on any atom is 0.329 e. The number of carbonyl (C=O) groups excluding carboxylic acids is 9. The minimum Gasteiger partial charge on any atom is -0.508 e. The summed E-state index contributed by atoms with van der Waals surface area (Å²) in [4.78, 5) is 129. The van der Waals surface area contributed by atoms with Gasteiger partial charge in [0, 0.05) is 19.9 Å². The van der Waals surface area contributed by atoms with Gasteiger partial charge in [0.2, 0.25) is 47.3 Å². The molecule has 12 unspecified atom stereocenters. The molecule has 2 aliphatic heterocycles. The number of primary amides is 1. The van der Waals surface area contributed by atoms with Crippen molar-refractivity contribution < 1.29 is 63.2 Å². The van der Waals surface area contributed by atoms with E-state index in [9.17, 15) is 58.5 Å². The van der Waals surface area contributed by atoms with Gasteiger partial charge in [-0.2, -0.15) is 0 Å². The molecule has 2 heterocycles. The number of phenols is 1. The second-order valence-corrected chi connectivity index (χ2v) is 18.7. The highest BCUT2D eigenvalue weighted by Crippen LogP contribution is 2.28. The number of cyclic esters (lactones) is 1. The second-order valence-electron chi connectivity index (χ2n) is 18.7. The molecular formula is C49H70N8O13. The number of nitrogens with one attached hydrogen (secondary N) is 5. The van der Waals surface area contributed by atoms with Crippen LogP contribution in [0.3, 0.4) is 0 Å². The van der Waals surface area contributed by atoms with Gasteiger partial charge in [-0.05, 0) is 60.8 Å². The molecule has 384 valence electrons. The number of likely N-dealkylation sites (N-methyl/N-ethyl adjacent to an activating group) is 1. The highest BCUT2D eigenvalue weighted by molar-refractivity contribution is 5.99. The SMILES string of the molecule is CCC(C)C1NC(=O)C(NC(=O)C(CC(N)=O)NC(=O)C(O)Cc2ccc(O)cc2)C(C)OC(=O)C(C(C)C)NC(=O)C(Cc2ccccc2)N(C)C(=O)C(C(C)CC)N2C(=O)C(CCC2O)NC1=O. The van der Waals surface area contributed by atoms with Crippen molar-refractivity contribution >= 4 is 53.2 Å². The Labute approximate surface area is 408 Å². The number of aromatic hydroxyl groups is 1. The molecule has 2 aliphatic rings. The molecule has 21 heteroatoms. The molecule has 0 spiro atoms. The first-order valence-electron chi connectivity index (χ1n) is 23.8. The molecule has 0 radical (unpaired) electrons. The van der Waals surface area contributed by atoms with E-state index in [1.807, 2.05) is 0 Å². The summed E-state index contributed by atoms with van der Waals surface area (Å²) in [6.07, 6.45) is -5.35. The summed E-state index contributed by atoms with van der Waals surface area (Å²) in [5.74, 6) is -10.5. The third kappa shape index (κ3) is 14.5. The van der Waals surface area contributed by atoms with E-state index in [1.54, 1.807) is 71.9 Å². The van der Waals surface area contributed by atoms with E-state index >= 15 is 0 Å². The van der Waals surface area contributed by atoms with Crippen molar-refractivity contribution in [1.29, 1.82) is 0 Å². The zero-order chi connectivity index (χ0) is 52.1. The lowest BCUT2D eigenvalue weighted by Gasteiger charge is -2.44. The largest absolute Gasteiger partial charge is 0.508 e. The van der Waals surface area contributed by atoms with Crippen LogP contribution in [0.5, 0.6) is 5.75 Å². The number of aliphatic hydroxyl groups is 2. The lowest BCUT2D eigenvalue weighted by atomic mass is 9.90. The van der Waals surface area contributed by atoms with Gasteiger partial charge in [-0.15, -0.1) is 0 Å². The number of fused-ring (bicyclic) bond motifs is 2. The zero-order valence-corrected chi connectivity index (χ0v) is 41.0. The van der Waals surface area contributed by atoms with Gasteiger partial charge in [-0.25, -0.2) is 4.79 Å². The number of ether oxygens (including phenoxy) is 1. The fourth-order valence-electron chi connectivity index (χ4n) is 8.38. The Hall–Kier alpha value is -6.61. The number of carbonyl (C=O) groups is 9. The Morgan fingerprint density at radius 3 is 2.00 bits per heavy atom. The highest BCUT2D eigenvalue weighted by Gasteiger charge is 2.47. The van der Waals surface area contributed by atoms with Gasteiger partial charge < -0.3 is 62.2 Å². The van der Waals surface area contributed by atoms with Crippen molar-refractivity contribution in [2.45, 2.75) is 154 Å². The number of benzene rings is 2. The summed E-state index contributed by atoms with van der Waals surface area (Å²) in [7, 11) is 1.39. The molecule has 70 heavy (non-hydrogen) atoms. The third-order valence-corrected chi connectivity index (χ3v) is 13.1. The smallest absolute Gasteiger partial charge is 0.329 e. The first kappa shape index (κ1) is 56.0. The standard InChI is InChI=1S/C49H70N8O13/c1-9-26(5)39-45(65)51-32-20-21-37(61)57(47(32)67)41(27(6)10-2)48(68)56(8)34(22-29-14-12-11-13-15-29)43(63)53-38(25(3)4)49(69)70-28(7)40(46(66)54-39)55-42(62)33(24-36(50)60)52-44(64)35(59)23-30-16-18-31(58)19-17-30/h11-19,25-28,32-35,37-41,58-59,61H,9-10,20-24H2,1-8H3,(H2,50,60)(H,51,65)(H,52,64)(H,53,63)(H,54,66)(H,55,62). The van der Waals surface area contributed by atoms with Crippen molar-refractivity contribution in [2.24, 2.45) is 23.5 Å². The third-order valence-electron chi connectivity index (χ3n) is 13.1. The summed E-state index contributed by atoms with van der Waals surface area (Å²) >= 11 is 0. The first-order chi connectivity index (χ1) is 33.0. The van der Waals surface area contributed by atoms with E-state index in [2.05, 4.69) is 26.6 Å². The van der Waals surface area contributed by atoms with Gasteiger partial charge in [0.1, 0.15) is 66.5 Å². The normalized spacial score (nSPS) is 25.9. The number of hydrogen-bond donors (Lipinski definition) is 9. The van der Waals surface area contributed by atoms with Crippen LogP contribution >= 0.6 is 0 Å². The van der Waals surface area contributed by atoms with E-state index in [0.29, 0.717) is 24.0 Å². The van der Waals surface area contributed by atoms with E-state index < -0.39 is 138 Å². The van der Waals surface area contributed by atoms with Gasteiger partial charge in [-0.1, -0.05) is 96.8 Å². The van der Waals surface area contributed by atoms with E-state index in [4.69, 9.17) is 10.5 Å². The van der Waals surface area contributed by atoms with E-state index in [0.717, 1.165) is 4.90 Å². The monoisotopic (exact) mass is 979 g/mol. The van der Waals surface area contributed by atoms with Gasteiger partial charge in [0.25, 0.3) is 0 Å². The number of esters is 1. The quantitative estimate of drug-likeness (QED) is 0.103. The lowest BCUT2D eigenvalue weighted by Crippen LogP contribution is -2.66. The number of amides is 8. The Kier molecular flexibility index (Phi) is 20.2. The zero-order valence-electron chi connectivity index (χ0n) is 41.0. The predicted molar refractivity (Wildman–Crippen MR) is 253 cm³/mol. The number of piperidine rings is 1. The van der Waals surface area contributed by atoms with Crippen LogP contribution in [-0.4, -0.2) is 146 Å². The molecule has 12 atom stereocenters. The number of nitrogens with two attached hydrogens (primary N) is 1.